The number of thiocarbonyl (C=S) groups is 1. The van der Waals surface area contributed by atoms with Crippen LogP contribution in [0.4, 0.5) is 5.69 Å². The van der Waals surface area contributed by atoms with Gasteiger partial charge in [-0.2, -0.15) is 0 Å². The van der Waals surface area contributed by atoms with Crippen LogP contribution in [0.2, 0.25) is 0 Å². The van der Waals surface area contributed by atoms with Gasteiger partial charge in [-0.05, 0) is 60.7 Å². The molecule has 1 aliphatic heterocycles. The third kappa shape index (κ3) is 3.17. The van der Waals surface area contributed by atoms with Crippen LogP contribution in [0.25, 0.3) is 5.69 Å². The highest BCUT2D eigenvalue weighted by atomic mass is 32.1. The van der Waals surface area contributed by atoms with Gasteiger partial charge < -0.3 is 19.7 Å². The lowest BCUT2D eigenvalue weighted by Crippen LogP contribution is -2.25. The quantitative estimate of drug-likeness (QED) is 0.704. The van der Waals surface area contributed by atoms with Gasteiger partial charge >= 0.3 is 0 Å². The largest absolute Gasteiger partial charge is 0.378 e. The summed E-state index contributed by atoms with van der Waals surface area (Å²) in [7, 11) is 6.14. The molecule has 3 heterocycles. The van der Waals surface area contributed by atoms with Gasteiger partial charge in [-0.3, -0.25) is 4.98 Å². The molecule has 1 saturated heterocycles. The molecule has 138 valence electrons. The molecule has 3 aromatic rings. The molecule has 0 bridgehead atoms. The molecule has 0 radical (unpaired) electrons. The summed E-state index contributed by atoms with van der Waals surface area (Å²) in [5, 5.41) is 4.18. The highest BCUT2D eigenvalue weighted by Crippen LogP contribution is 2.38. The van der Waals surface area contributed by atoms with Crippen molar-refractivity contribution in [3.63, 3.8) is 0 Å². The van der Waals surface area contributed by atoms with E-state index in [0.717, 1.165) is 16.5 Å². The topological polar surface area (TPSA) is 36.3 Å². The monoisotopic (exact) mass is 377 g/mol. The fourth-order valence-corrected chi connectivity index (χ4v) is 3.85. The van der Waals surface area contributed by atoms with Gasteiger partial charge in [0.2, 0.25) is 0 Å². The van der Waals surface area contributed by atoms with Crippen molar-refractivity contribution in [2.45, 2.75) is 12.1 Å². The molecule has 0 amide bonds. The molecule has 2 aromatic heterocycles. The Hall–Kier alpha value is -2.86. The minimum atomic E-state index is 0.0124. The van der Waals surface area contributed by atoms with E-state index < -0.39 is 0 Å². The number of nitrogens with zero attached hydrogens (tertiary/aromatic N) is 4. The van der Waals surface area contributed by atoms with Gasteiger partial charge in [-0.1, -0.05) is 6.07 Å². The number of hydrogen-bond acceptors (Lipinski definition) is 3. The highest BCUT2D eigenvalue weighted by molar-refractivity contribution is 7.80. The number of likely N-dealkylation sites (N-methyl/N-ethyl adjacent to an activating group) is 1. The number of rotatable bonds is 4. The highest BCUT2D eigenvalue weighted by Gasteiger charge is 2.39. The molecule has 5 nitrogen and oxygen atoms in total. The van der Waals surface area contributed by atoms with Crippen LogP contribution in [0.5, 0.6) is 0 Å². The van der Waals surface area contributed by atoms with E-state index in [-0.39, 0.29) is 12.1 Å². The van der Waals surface area contributed by atoms with Crippen LogP contribution in [-0.2, 0) is 0 Å². The number of anilines is 1. The van der Waals surface area contributed by atoms with Gasteiger partial charge in [0.25, 0.3) is 0 Å². The molecule has 6 heteroatoms. The van der Waals surface area contributed by atoms with E-state index in [4.69, 9.17) is 12.2 Å². The fourth-order valence-electron chi connectivity index (χ4n) is 3.61. The first-order valence-electron chi connectivity index (χ1n) is 8.95. The second-order valence-electron chi connectivity index (χ2n) is 6.95. The third-order valence-corrected chi connectivity index (χ3v) is 5.47. The van der Waals surface area contributed by atoms with E-state index in [1.165, 1.54) is 11.4 Å². The van der Waals surface area contributed by atoms with Crippen molar-refractivity contribution < 1.29 is 0 Å². The zero-order valence-electron chi connectivity index (χ0n) is 15.7. The summed E-state index contributed by atoms with van der Waals surface area (Å²) < 4.78 is 2.23. The zero-order chi connectivity index (χ0) is 19.0. The van der Waals surface area contributed by atoms with Crippen LogP contribution in [-0.4, -0.2) is 40.7 Å². The number of benzene rings is 1. The minimum absolute atomic E-state index is 0.0124. The maximum atomic E-state index is 5.55. The molecule has 0 saturated carbocycles. The van der Waals surface area contributed by atoms with Crippen molar-refractivity contribution in [3.8, 4) is 5.69 Å². The molecule has 0 aliphatic carbocycles. The maximum absolute atomic E-state index is 5.55. The molecule has 1 aliphatic rings. The van der Waals surface area contributed by atoms with Gasteiger partial charge in [0.15, 0.2) is 5.11 Å². The summed E-state index contributed by atoms with van der Waals surface area (Å²) in [4.78, 5) is 8.78. The standard InChI is InChI=1S/C21H23N5S/c1-24(2)15-9-11-16(12-10-15)26-14-6-8-18(26)20-19(23-21(27)25(20)3)17-7-4-5-13-22-17/h4-14,19-20H,1-3H3,(H,23,27). The van der Waals surface area contributed by atoms with Crippen LogP contribution >= 0.6 is 12.2 Å². The van der Waals surface area contributed by atoms with Gasteiger partial charge in [-0.15, -0.1) is 0 Å². The van der Waals surface area contributed by atoms with Crippen molar-refractivity contribution in [2.75, 3.05) is 26.0 Å². The first kappa shape index (κ1) is 17.5. The lowest BCUT2D eigenvalue weighted by Gasteiger charge is -2.26. The van der Waals surface area contributed by atoms with Crippen molar-refractivity contribution in [3.05, 3.63) is 78.4 Å². The zero-order valence-corrected chi connectivity index (χ0v) is 16.5. The summed E-state index contributed by atoms with van der Waals surface area (Å²) in [6, 6.07) is 18.9. The molecule has 4 rings (SSSR count). The minimum Gasteiger partial charge on any atom is -0.378 e. The predicted molar refractivity (Wildman–Crippen MR) is 113 cm³/mol. The molecule has 1 N–H and O–H groups in total. The van der Waals surface area contributed by atoms with Crippen LogP contribution in [0.1, 0.15) is 23.5 Å². The number of pyridine rings is 1. The fraction of sp³-hybridized carbons (Fsp3) is 0.238. The molecule has 1 fully saturated rings. The van der Waals surface area contributed by atoms with Gasteiger partial charge in [0, 0.05) is 50.6 Å². The van der Waals surface area contributed by atoms with E-state index in [1.807, 2.05) is 45.5 Å². The summed E-state index contributed by atoms with van der Waals surface area (Å²) >= 11 is 5.55. The Morgan fingerprint density at radius 1 is 1.04 bits per heavy atom. The predicted octanol–water partition coefficient (Wildman–Crippen LogP) is 3.54. The van der Waals surface area contributed by atoms with Crippen molar-refractivity contribution in [1.82, 2.24) is 19.8 Å². The number of nitrogens with one attached hydrogen (secondary N) is 1. The molecular formula is C21H23N5S. The van der Waals surface area contributed by atoms with Crippen LogP contribution in [0.15, 0.2) is 67.0 Å². The molecular weight excluding hydrogens is 354 g/mol. The van der Waals surface area contributed by atoms with Crippen LogP contribution in [0.3, 0.4) is 0 Å². The normalized spacial score (nSPS) is 19.2. The second kappa shape index (κ2) is 7.04. The Balaban J connectivity index is 1.74. The average Bonchev–Trinajstić information content (AvgIpc) is 3.27. The smallest absolute Gasteiger partial charge is 0.169 e. The molecule has 1 aromatic carbocycles. The third-order valence-electron chi connectivity index (χ3n) is 5.07. The average molecular weight is 378 g/mol. The molecule has 27 heavy (non-hydrogen) atoms. The van der Waals surface area contributed by atoms with Crippen molar-refractivity contribution >= 4 is 23.0 Å². The van der Waals surface area contributed by atoms with Gasteiger partial charge in [0.1, 0.15) is 0 Å². The Morgan fingerprint density at radius 3 is 2.48 bits per heavy atom. The molecule has 0 spiro atoms. The first-order chi connectivity index (χ1) is 13.1. The summed E-state index contributed by atoms with van der Waals surface area (Å²) in [5.74, 6) is 0. The lowest BCUT2D eigenvalue weighted by molar-refractivity contribution is 0.357. The van der Waals surface area contributed by atoms with Crippen molar-refractivity contribution in [1.29, 1.82) is 0 Å². The second-order valence-corrected chi connectivity index (χ2v) is 7.34. The summed E-state index contributed by atoms with van der Waals surface area (Å²) in [6.45, 7) is 0. The molecule has 2 unspecified atom stereocenters. The van der Waals surface area contributed by atoms with Crippen LogP contribution in [0, 0.1) is 0 Å². The molecule has 2 atom stereocenters. The Bertz CT molecular complexity index is 933. The van der Waals surface area contributed by atoms with E-state index in [9.17, 15) is 0 Å². The van der Waals surface area contributed by atoms with Gasteiger partial charge in [0.05, 0.1) is 17.8 Å². The van der Waals surface area contributed by atoms with E-state index in [1.54, 1.807) is 0 Å². The Labute approximate surface area is 165 Å². The van der Waals surface area contributed by atoms with E-state index in [2.05, 4.69) is 67.3 Å². The summed E-state index contributed by atoms with van der Waals surface area (Å²) in [6.07, 6.45) is 3.93. The SMILES string of the molecule is CN(C)c1ccc(-n2cccc2C2C(c3ccccn3)NC(=S)N2C)cc1. The lowest BCUT2D eigenvalue weighted by atomic mass is 10.0. The van der Waals surface area contributed by atoms with E-state index >= 15 is 0 Å². The number of hydrogen-bond donors (Lipinski definition) is 1. The summed E-state index contributed by atoms with van der Waals surface area (Å²) in [5.41, 5.74) is 4.48. The van der Waals surface area contributed by atoms with Crippen molar-refractivity contribution in [2.24, 2.45) is 0 Å². The Morgan fingerprint density at radius 2 is 1.81 bits per heavy atom. The van der Waals surface area contributed by atoms with Crippen LogP contribution < -0.4 is 10.2 Å². The Kier molecular flexibility index (Phi) is 4.58. The number of aromatic nitrogens is 2. The van der Waals surface area contributed by atoms with E-state index in [0.29, 0.717) is 0 Å². The first-order valence-corrected chi connectivity index (χ1v) is 9.36. The van der Waals surface area contributed by atoms with Gasteiger partial charge in [-0.25, -0.2) is 0 Å². The maximum Gasteiger partial charge on any atom is 0.169 e.